The molecule has 0 spiro atoms. The molecule has 1 aliphatic heterocycles. The van der Waals surface area contributed by atoms with Crippen LogP contribution in [0, 0.1) is 5.82 Å². The predicted molar refractivity (Wildman–Crippen MR) is 169 cm³/mol. The third kappa shape index (κ3) is 4.91. The summed E-state index contributed by atoms with van der Waals surface area (Å²) in [5.41, 5.74) is 6.35. The minimum atomic E-state index is -0.357. The van der Waals surface area contributed by atoms with Gasteiger partial charge in [-0.25, -0.2) is 9.38 Å². The molecule has 4 aromatic carbocycles. The average molecular weight is 605 g/mol. The SMILES string of the molecule is COc1ccc([C@H]2C3=C(N=c4s/c(=C/c5ccccc5OCc5ccccc5F)c(=O)n42)c2ccccc2CC3)cc1OC. The Morgan fingerprint density at radius 1 is 0.909 bits per heavy atom. The van der Waals surface area contributed by atoms with E-state index in [-0.39, 0.29) is 24.0 Å². The van der Waals surface area contributed by atoms with E-state index in [2.05, 4.69) is 18.2 Å². The lowest BCUT2D eigenvalue weighted by Crippen LogP contribution is -2.38. The first-order chi connectivity index (χ1) is 21.6. The molecule has 5 aromatic rings. The van der Waals surface area contributed by atoms with Crippen molar-refractivity contribution in [3.05, 3.63) is 150 Å². The molecule has 220 valence electrons. The quantitative estimate of drug-likeness (QED) is 0.227. The van der Waals surface area contributed by atoms with Crippen molar-refractivity contribution < 1.29 is 18.6 Å². The van der Waals surface area contributed by atoms with Crippen molar-refractivity contribution in [3.63, 3.8) is 0 Å². The van der Waals surface area contributed by atoms with Crippen LogP contribution < -0.4 is 29.1 Å². The smallest absolute Gasteiger partial charge is 0.271 e. The molecular formula is C36H29FN2O4S. The number of benzene rings is 4. The van der Waals surface area contributed by atoms with Crippen molar-refractivity contribution in [2.24, 2.45) is 4.99 Å². The fourth-order valence-electron chi connectivity index (χ4n) is 5.99. The van der Waals surface area contributed by atoms with Crippen LogP contribution in [0.15, 0.2) is 106 Å². The van der Waals surface area contributed by atoms with E-state index < -0.39 is 0 Å². The van der Waals surface area contributed by atoms with E-state index in [1.54, 1.807) is 37.0 Å². The lowest BCUT2D eigenvalue weighted by molar-refractivity contribution is 0.299. The van der Waals surface area contributed by atoms with E-state index in [0.717, 1.165) is 40.8 Å². The summed E-state index contributed by atoms with van der Waals surface area (Å²) in [7, 11) is 3.22. The van der Waals surface area contributed by atoms with Crippen molar-refractivity contribution in [1.82, 2.24) is 4.57 Å². The zero-order chi connectivity index (χ0) is 30.2. The van der Waals surface area contributed by atoms with Crippen LogP contribution in [0.25, 0.3) is 11.8 Å². The number of allylic oxidation sites excluding steroid dienone is 1. The molecule has 2 aliphatic rings. The van der Waals surface area contributed by atoms with Gasteiger partial charge in [-0.1, -0.05) is 78.1 Å². The van der Waals surface area contributed by atoms with Gasteiger partial charge in [-0.15, -0.1) is 0 Å². The maximum Gasteiger partial charge on any atom is 0.271 e. The number of hydrogen-bond acceptors (Lipinski definition) is 6. The van der Waals surface area contributed by atoms with Crippen LogP contribution in [-0.2, 0) is 13.0 Å². The lowest BCUT2D eigenvalue weighted by atomic mass is 9.83. The third-order valence-corrected chi connectivity index (χ3v) is 9.13. The molecule has 0 N–H and O–H groups in total. The second-order valence-electron chi connectivity index (χ2n) is 10.6. The number of nitrogens with zero attached hydrogens (tertiary/aromatic N) is 2. The van der Waals surface area contributed by atoms with Gasteiger partial charge in [0.15, 0.2) is 16.3 Å². The fraction of sp³-hybridized carbons (Fsp3) is 0.167. The van der Waals surface area contributed by atoms with Crippen LogP contribution in [0.1, 0.15) is 40.3 Å². The zero-order valence-corrected chi connectivity index (χ0v) is 25.1. The third-order valence-electron chi connectivity index (χ3n) is 8.14. The molecule has 0 saturated carbocycles. The first kappa shape index (κ1) is 27.9. The summed E-state index contributed by atoms with van der Waals surface area (Å²) in [4.78, 5) is 20.0. The van der Waals surface area contributed by atoms with Gasteiger partial charge in [0.1, 0.15) is 18.2 Å². The fourth-order valence-corrected chi connectivity index (χ4v) is 6.98. The van der Waals surface area contributed by atoms with E-state index in [4.69, 9.17) is 19.2 Å². The molecule has 8 heteroatoms. The van der Waals surface area contributed by atoms with Crippen LogP contribution in [0.2, 0.25) is 0 Å². The minimum Gasteiger partial charge on any atom is -0.493 e. The van der Waals surface area contributed by atoms with E-state index in [1.807, 2.05) is 54.6 Å². The van der Waals surface area contributed by atoms with Crippen molar-refractivity contribution in [2.75, 3.05) is 14.2 Å². The highest BCUT2D eigenvalue weighted by molar-refractivity contribution is 7.07. The molecule has 0 unspecified atom stereocenters. The second-order valence-corrected chi connectivity index (χ2v) is 11.7. The van der Waals surface area contributed by atoms with Crippen LogP contribution in [0.4, 0.5) is 4.39 Å². The summed E-state index contributed by atoms with van der Waals surface area (Å²) in [6, 6.07) is 27.8. The van der Waals surface area contributed by atoms with Crippen LogP contribution in [0.5, 0.6) is 17.2 Å². The number of fused-ring (bicyclic) bond motifs is 3. The highest BCUT2D eigenvalue weighted by atomic mass is 32.1. The van der Waals surface area contributed by atoms with Gasteiger partial charge in [0.2, 0.25) is 0 Å². The molecular weight excluding hydrogens is 575 g/mol. The molecule has 0 bridgehead atoms. The maximum atomic E-state index is 14.2. The van der Waals surface area contributed by atoms with E-state index in [0.29, 0.717) is 32.1 Å². The molecule has 1 aliphatic carbocycles. The molecule has 44 heavy (non-hydrogen) atoms. The minimum absolute atomic E-state index is 0.0736. The first-order valence-electron chi connectivity index (χ1n) is 14.4. The number of rotatable bonds is 7. The summed E-state index contributed by atoms with van der Waals surface area (Å²) in [5, 5.41) is 0. The summed E-state index contributed by atoms with van der Waals surface area (Å²) >= 11 is 1.35. The van der Waals surface area contributed by atoms with Gasteiger partial charge in [-0.05, 0) is 59.9 Å². The molecule has 7 rings (SSSR count). The number of methoxy groups -OCH3 is 2. The molecule has 2 heterocycles. The standard InChI is InChI=1S/C36H29FN2O4S/c1-41-30-18-16-24(19-31(30)42-2)34-27-17-15-22-9-3-6-12-26(22)33(27)38-36-39(34)35(40)32(44-36)20-23-10-5-8-14-29(23)43-21-25-11-4-7-13-28(25)37/h3-14,16,18-20,34H,15,17,21H2,1-2H3/b32-20+/t34-/m0/s1. The monoisotopic (exact) mass is 604 g/mol. The maximum absolute atomic E-state index is 14.2. The number of hydrogen-bond donors (Lipinski definition) is 0. The Kier molecular flexibility index (Phi) is 7.36. The number of aromatic nitrogens is 1. The van der Waals surface area contributed by atoms with Gasteiger partial charge in [0.05, 0.1) is 30.5 Å². The van der Waals surface area contributed by atoms with Gasteiger partial charge in [-0.2, -0.15) is 0 Å². The Balaban J connectivity index is 1.38. The van der Waals surface area contributed by atoms with Crippen LogP contribution in [-0.4, -0.2) is 18.8 Å². The van der Waals surface area contributed by atoms with Gasteiger partial charge in [-0.3, -0.25) is 9.36 Å². The Labute approximate surface area is 257 Å². The number of halogens is 1. The Morgan fingerprint density at radius 3 is 2.52 bits per heavy atom. The largest absolute Gasteiger partial charge is 0.493 e. The van der Waals surface area contributed by atoms with Crippen molar-refractivity contribution in [1.29, 1.82) is 0 Å². The highest BCUT2D eigenvalue weighted by Gasteiger charge is 2.33. The highest BCUT2D eigenvalue weighted by Crippen LogP contribution is 2.42. The van der Waals surface area contributed by atoms with E-state index >= 15 is 0 Å². The van der Waals surface area contributed by atoms with Crippen molar-refractivity contribution in [3.8, 4) is 17.2 Å². The normalized spacial score (nSPS) is 15.6. The molecule has 0 fully saturated rings. The van der Waals surface area contributed by atoms with Crippen LogP contribution in [0.3, 0.4) is 0 Å². The molecule has 6 nitrogen and oxygen atoms in total. The van der Waals surface area contributed by atoms with Crippen molar-refractivity contribution >= 4 is 23.1 Å². The summed E-state index contributed by atoms with van der Waals surface area (Å²) < 4.78 is 33.8. The van der Waals surface area contributed by atoms with Gasteiger partial charge in [0, 0.05) is 16.7 Å². The lowest BCUT2D eigenvalue weighted by Gasteiger charge is -2.31. The number of ether oxygens (including phenoxy) is 3. The van der Waals surface area contributed by atoms with Crippen LogP contribution >= 0.6 is 11.3 Å². The number of para-hydroxylation sites is 1. The van der Waals surface area contributed by atoms with E-state index in [1.165, 1.54) is 23.0 Å². The molecule has 0 amide bonds. The predicted octanol–water partition coefficient (Wildman–Crippen LogP) is 6.05. The van der Waals surface area contributed by atoms with E-state index in [9.17, 15) is 9.18 Å². The summed E-state index contributed by atoms with van der Waals surface area (Å²) in [5.74, 6) is 1.47. The topological polar surface area (TPSA) is 62.0 Å². The molecule has 1 aromatic heterocycles. The second kappa shape index (κ2) is 11.6. The zero-order valence-electron chi connectivity index (χ0n) is 24.2. The number of thiazole rings is 1. The molecule has 1 atom stereocenters. The van der Waals surface area contributed by atoms with Gasteiger partial charge >= 0.3 is 0 Å². The van der Waals surface area contributed by atoms with Gasteiger partial charge in [0.25, 0.3) is 5.56 Å². The molecule has 0 saturated heterocycles. The number of aryl methyl sites for hydroxylation is 1. The Hall–Kier alpha value is -4.95. The Morgan fingerprint density at radius 2 is 1.68 bits per heavy atom. The first-order valence-corrected chi connectivity index (χ1v) is 15.2. The molecule has 0 radical (unpaired) electrons. The average Bonchev–Trinajstić information content (AvgIpc) is 3.37. The summed E-state index contributed by atoms with van der Waals surface area (Å²) in [6.07, 6.45) is 3.49. The van der Waals surface area contributed by atoms with Crippen molar-refractivity contribution in [2.45, 2.75) is 25.5 Å². The van der Waals surface area contributed by atoms with Gasteiger partial charge < -0.3 is 14.2 Å². The summed E-state index contributed by atoms with van der Waals surface area (Å²) in [6.45, 7) is 0.0736. The Bertz CT molecular complexity index is 2110.